The lowest BCUT2D eigenvalue weighted by Crippen LogP contribution is -2.46. The summed E-state index contributed by atoms with van der Waals surface area (Å²) in [5.41, 5.74) is 8.48. The second kappa shape index (κ2) is 4.30. The molecule has 0 unspecified atom stereocenters. The quantitative estimate of drug-likeness (QED) is 0.437. The molecule has 3 saturated heterocycles. The maximum absolute atomic E-state index is 8.48. The number of fused-ring (bicyclic) bond motifs is 2. The smallest absolute Gasteiger partial charge is 0.224 e. The Morgan fingerprint density at radius 3 is 2.50 bits per heavy atom. The molecule has 3 heterocycles. The van der Waals surface area contributed by atoms with Crippen LogP contribution in [0.2, 0.25) is 0 Å². The molecule has 3 fully saturated rings. The van der Waals surface area contributed by atoms with Gasteiger partial charge < -0.3 is 23.7 Å². The van der Waals surface area contributed by atoms with E-state index in [9.17, 15) is 0 Å². The van der Waals surface area contributed by atoms with Crippen LogP contribution in [0.15, 0.2) is 5.11 Å². The number of azide groups is 1. The summed E-state index contributed by atoms with van der Waals surface area (Å²) in [6, 6.07) is 0. The minimum atomic E-state index is -1.00. The third-order valence-corrected chi connectivity index (χ3v) is 3.64. The van der Waals surface area contributed by atoms with E-state index in [1.54, 1.807) is 0 Å². The number of nitrogens with zero attached hydrogens (tertiary/aromatic N) is 3. The van der Waals surface area contributed by atoms with Crippen LogP contribution >= 0.6 is 0 Å². The van der Waals surface area contributed by atoms with Crippen LogP contribution < -0.4 is 0 Å². The van der Waals surface area contributed by atoms with Crippen molar-refractivity contribution in [3.8, 4) is 0 Å². The number of rotatable bonds is 2. The molecule has 0 saturated carbocycles. The summed E-state index contributed by atoms with van der Waals surface area (Å²) in [6.07, 6.45) is -1.15. The van der Waals surface area contributed by atoms with Crippen LogP contribution in [0.25, 0.3) is 10.4 Å². The fourth-order valence-corrected chi connectivity index (χ4v) is 3.00. The van der Waals surface area contributed by atoms with Crippen molar-refractivity contribution < 1.29 is 23.7 Å². The Bertz CT molecular complexity index is 462. The summed E-state index contributed by atoms with van der Waals surface area (Å²) < 4.78 is 29.3. The van der Waals surface area contributed by atoms with Gasteiger partial charge in [-0.3, -0.25) is 0 Å². The van der Waals surface area contributed by atoms with E-state index >= 15 is 0 Å². The van der Waals surface area contributed by atoms with E-state index < -0.39 is 29.6 Å². The molecule has 112 valence electrons. The summed E-state index contributed by atoms with van der Waals surface area (Å²) in [6.45, 7) is 7.74. The minimum absolute atomic E-state index is 0.169. The van der Waals surface area contributed by atoms with Crippen LogP contribution in [0.5, 0.6) is 0 Å². The van der Waals surface area contributed by atoms with E-state index in [2.05, 4.69) is 10.0 Å². The van der Waals surface area contributed by atoms with Crippen molar-refractivity contribution in [3.05, 3.63) is 10.4 Å². The topological polar surface area (TPSA) is 94.9 Å². The lowest BCUT2D eigenvalue weighted by atomic mass is 10.1. The molecule has 3 aliphatic heterocycles. The van der Waals surface area contributed by atoms with Crippen molar-refractivity contribution in [2.45, 2.75) is 63.4 Å². The second-order valence-corrected chi connectivity index (χ2v) is 6.19. The van der Waals surface area contributed by atoms with Crippen molar-refractivity contribution in [3.63, 3.8) is 0 Å². The van der Waals surface area contributed by atoms with Crippen LogP contribution in [0, 0.1) is 0 Å². The number of hydrogen-bond acceptors (Lipinski definition) is 6. The van der Waals surface area contributed by atoms with Crippen LogP contribution in [0.3, 0.4) is 0 Å². The SMILES string of the molecule is CC1(C)O[C@@H]2[C@H](CN=[N+]=[N-])O[C@]3(COC(C)(C)O3)[C@@H]2O1. The van der Waals surface area contributed by atoms with E-state index in [0.29, 0.717) is 0 Å². The van der Waals surface area contributed by atoms with Gasteiger partial charge >= 0.3 is 0 Å². The van der Waals surface area contributed by atoms with Gasteiger partial charge in [0.25, 0.3) is 0 Å². The Balaban J connectivity index is 1.88. The lowest BCUT2D eigenvalue weighted by Gasteiger charge is -2.30. The molecule has 0 aliphatic carbocycles. The fraction of sp³-hybridized carbons (Fsp3) is 1.00. The first-order valence-corrected chi connectivity index (χ1v) is 6.65. The summed E-state index contributed by atoms with van der Waals surface area (Å²) in [5.74, 6) is -2.47. The molecular weight excluding hydrogens is 266 g/mol. The Hall–Kier alpha value is -0.890. The van der Waals surface area contributed by atoms with Gasteiger partial charge in [0, 0.05) is 4.91 Å². The highest BCUT2D eigenvalue weighted by molar-refractivity contribution is 5.05. The van der Waals surface area contributed by atoms with E-state index in [0.717, 1.165) is 0 Å². The largest absolute Gasteiger partial charge is 0.345 e. The van der Waals surface area contributed by atoms with Gasteiger partial charge in [-0.2, -0.15) is 0 Å². The Morgan fingerprint density at radius 2 is 1.90 bits per heavy atom. The molecule has 1 spiro atoms. The highest BCUT2D eigenvalue weighted by atomic mass is 16.9. The zero-order chi connectivity index (χ0) is 14.6. The summed E-state index contributed by atoms with van der Waals surface area (Å²) in [7, 11) is 0. The highest BCUT2D eigenvalue weighted by Gasteiger charge is 2.67. The van der Waals surface area contributed by atoms with Gasteiger partial charge in [0.05, 0.1) is 12.6 Å². The summed E-state index contributed by atoms with van der Waals surface area (Å²) >= 11 is 0. The predicted molar refractivity (Wildman–Crippen MR) is 66.6 cm³/mol. The van der Waals surface area contributed by atoms with Gasteiger partial charge in [-0.15, -0.1) is 0 Å². The van der Waals surface area contributed by atoms with Crippen molar-refractivity contribution in [2.24, 2.45) is 5.11 Å². The molecule has 3 rings (SSSR count). The highest BCUT2D eigenvalue weighted by Crippen LogP contribution is 2.49. The molecule has 4 atom stereocenters. The van der Waals surface area contributed by atoms with Crippen LogP contribution in [0.4, 0.5) is 0 Å². The third-order valence-electron chi connectivity index (χ3n) is 3.64. The summed E-state index contributed by atoms with van der Waals surface area (Å²) in [4.78, 5) is 2.77. The molecule has 0 aromatic heterocycles. The van der Waals surface area contributed by atoms with Gasteiger partial charge in [0.15, 0.2) is 11.6 Å². The Kier molecular flexibility index (Phi) is 3.02. The Labute approximate surface area is 116 Å². The first kappa shape index (κ1) is 14.1. The van der Waals surface area contributed by atoms with Gasteiger partial charge in [-0.1, -0.05) is 5.11 Å². The van der Waals surface area contributed by atoms with Crippen molar-refractivity contribution in [1.29, 1.82) is 0 Å². The maximum atomic E-state index is 8.48. The molecule has 20 heavy (non-hydrogen) atoms. The molecular formula is C12H19N3O5. The maximum Gasteiger partial charge on any atom is 0.224 e. The molecule has 0 aromatic rings. The first-order chi connectivity index (χ1) is 9.27. The van der Waals surface area contributed by atoms with E-state index in [4.69, 9.17) is 29.2 Å². The van der Waals surface area contributed by atoms with Gasteiger partial charge in [-0.25, -0.2) is 0 Å². The second-order valence-electron chi connectivity index (χ2n) is 6.19. The van der Waals surface area contributed by atoms with Crippen LogP contribution in [-0.4, -0.2) is 48.8 Å². The minimum Gasteiger partial charge on any atom is -0.345 e. The van der Waals surface area contributed by atoms with Gasteiger partial charge in [-0.05, 0) is 33.2 Å². The van der Waals surface area contributed by atoms with Crippen LogP contribution in [-0.2, 0) is 23.7 Å². The van der Waals surface area contributed by atoms with Crippen molar-refractivity contribution >= 4 is 0 Å². The van der Waals surface area contributed by atoms with E-state index in [1.807, 2.05) is 27.7 Å². The zero-order valence-corrected chi connectivity index (χ0v) is 12.0. The molecule has 8 nitrogen and oxygen atoms in total. The molecule has 0 bridgehead atoms. The average molecular weight is 285 g/mol. The lowest BCUT2D eigenvalue weighted by molar-refractivity contribution is -0.295. The summed E-state index contributed by atoms with van der Waals surface area (Å²) in [5, 5.41) is 3.58. The number of hydrogen-bond donors (Lipinski definition) is 0. The molecule has 0 amide bonds. The monoisotopic (exact) mass is 285 g/mol. The van der Waals surface area contributed by atoms with Gasteiger partial charge in [0.1, 0.15) is 18.8 Å². The molecule has 3 aliphatic rings. The molecule has 0 radical (unpaired) electrons. The predicted octanol–water partition coefficient (Wildman–Crippen LogP) is 1.69. The standard InChI is InChI=1S/C12H19N3O5/c1-10(2)16-6-12(20-10)9-8(18-11(3,4)19-9)7(17-12)5-14-15-13/h7-9H,5-6H2,1-4H3/t7-,8+,9+,12-/m0/s1. The van der Waals surface area contributed by atoms with Crippen LogP contribution in [0.1, 0.15) is 27.7 Å². The molecule has 0 aromatic carbocycles. The number of ether oxygens (including phenoxy) is 5. The molecule has 0 N–H and O–H groups in total. The van der Waals surface area contributed by atoms with Crippen molar-refractivity contribution in [1.82, 2.24) is 0 Å². The molecule has 8 heteroatoms. The van der Waals surface area contributed by atoms with Crippen molar-refractivity contribution in [2.75, 3.05) is 13.2 Å². The first-order valence-electron chi connectivity index (χ1n) is 6.65. The third kappa shape index (κ3) is 2.18. The average Bonchev–Trinajstić information content (AvgIpc) is 2.90. The fourth-order valence-electron chi connectivity index (χ4n) is 3.00. The Morgan fingerprint density at radius 1 is 1.15 bits per heavy atom. The van der Waals surface area contributed by atoms with E-state index in [-0.39, 0.29) is 19.3 Å². The normalized spacial score (nSPS) is 44.5. The van der Waals surface area contributed by atoms with Gasteiger partial charge in [0.2, 0.25) is 5.79 Å². The van der Waals surface area contributed by atoms with E-state index in [1.165, 1.54) is 0 Å². The zero-order valence-electron chi connectivity index (χ0n) is 12.0.